The van der Waals surface area contributed by atoms with E-state index in [2.05, 4.69) is 11.0 Å². The third kappa shape index (κ3) is 6.42. The van der Waals surface area contributed by atoms with E-state index in [9.17, 15) is 8.78 Å². The van der Waals surface area contributed by atoms with Crippen LogP contribution in [0, 0.1) is 11.6 Å². The molecule has 0 unspecified atom stereocenters. The van der Waals surface area contributed by atoms with Crippen LogP contribution in [-0.4, -0.2) is 31.6 Å². The highest BCUT2D eigenvalue weighted by Gasteiger charge is 2.17. The summed E-state index contributed by atoms with van der Waals surface area (Å²) in [6.07, 6.45) is 4.91. The van der Waals surface area contributed by atoms with E-state index >= 15 is 0 Å². The molecule has 4 rings (SSSR count). The fourth-order valence-corrected chi connectivity index (χ4v) is 4.22. The zero-order valence-corrected chi connectivity index (χ0v) is 18.8. The van der Waals surface area contributed by atoms with E-state index in [4.69, 9.17) is 9.47 Å². The Morgan fingerprint density at radius 1 is 0.818 bits per heavy atom. The molecule has 172 valence electrons. The number of methoxy groups -OCH3 is 1. The molecule has 1 heterocycles. The van der Waals surface area contributed by atoms with Gasteiger partial charge in [0.1, 0.15) is 28.9 Å². The lowest BCUT2D eigenvalue weighted by Crippen LogP contribution is -2.30. The first-order valence-corrected chi connectivity index (χ1v) is 11.3. The fraction of sp³-hybridized carbons (Fsp3) is 0.286. The molecule has 0 fully saturated rings. The predicted octanol–water partition coefficient (Wildman–Crippen LogP) is 6.55. The Bertz CT molecular complexity index is 1000. The van der Waals surface area contributed by atoms with Crippen LogP contribution in [0.3, 0.4) is 0 Å². The van der Waals surface area contributed by atoms with Gasteiger partial charge < -0.3 is 9.47 Å². The lowest BCUT2D eigenvalue weighted by molar-refractivity contribution is 0.256. The van der Waals surface area contributed by atoms with Crippen LogP contribution in [0.25, 0.3) is 0 Å². The van der Waals surface area contributed by atoms with Crippen molar-refractivity contribution in [1.82, 2.24) is 4.90 Å². The number of rotatable bonds is 9. The molecule has 0 spiro atoms. The number of benzene rings is 3. The minimum atomic E-state index is -0.246. The Kier molecular flexibility index (Phi) is 7.74. The second-order valence-electron chi connectivity index (χ2n) is 8.30. The summed E-state index contributed by atoms with van der Waals surface area (Å²) in [6, 6.07) is 20.9. The highest BCUT2D eigenvalue weighted by Crippen LogP contribution is 2.30. The van der Waals surface area contributed by atoms with Crippen molar-refractivity contribution in [1.29, 1.82) is 0 Å². The zero-order valence-electron chi connectivity index (χ0n) is 18.8. The second kappa shape index (κ2) is 11.1. The Morgan fingerprint density at radius 2 is 1.39 bits per heavy atom. The lowest BCUT2D eigenvalue weighted by Gasteiger charge is -2.27. The summed E-state index contributed by atoms with van der Waals surface area (Å²) in [6.45, 7) is 2.76. The van der Waals surface area contributed by atoms with Gasteiger partial charge in [-0.05, 0) is 85.1 Å². The number of ether oxygens (including phenoxy) is 2. The Hall–Kier alpha value is -3.18. The monoisotopic (exact) mass is 449 g/mol. The van der Waals surface area contributed by atoms with Crippen molar-refractivity contribution in [3.8, 4) is 11.5 Å². The average molecular weight is 450 g/mol. The molecule has 0 N–H and O–H groups in total. The molecule has 0 radical (unpaired) electrons. The first-order valence-electron chi connectivity index (χ1n) is 11.3. The van der Waals surface area contributed by atoms with Crippen LogP contribution in [0.1, 0.15) is 36.3 Å². The quantitative estimate of drug-likeness (QED) is 0.370. The lowest BCUT2D eigenvalue weighted by atomic mass is 9.87. The van der Waals surface area contributed by atoms with E-state index in [1.807, 2.05) is 48.5 Å². The Balaban J connectivity index is 1.32. The number of nitrogens with zero attached hydrogens (tertiary/aromatic N) is 1. The van der Waals surface area contributed by atoms with Crippen molar-refractivity contribution in [2.24, 2.45) is 0 Å². The van der Waals surface area contributed by atoms with E-state index in [1.54, 1.807) is 7.11 Å². The smallest absolute Gasteiger partial charge is 0.127 e. The largest absolute Gasteiger partial charge is 0.497 e. The van der Waals surface area contributed by atoms with Crippen LogP contribution in [0.5, 0.6) is 11.5 Å². The third-order valence-electron chi connectivity index (χ3n) is 6.07. The maximum atomic E-state index is 13.4. The number of hydrogen-bond acceptors (Lipinski definition) is 3. The zero-order chi connectivity index (χ0) is 23.0. The highest BCUT2D eigenvalue weighted by atomic mass is 19.1. The van der Waals surface area contributed by atoms with Crippen LogP contribution in [-0.2, 0) is 0 Å². The summed E-state index contributed by atoms with van der Waals surface area (Å²) in [5.74, 6) is 2.24. The van der Waals surface area contributed by atoms with Gasteiger partial charge in [-0.3, -0.25) is 4.90 Å². The standard InChI is InChI=1S/C28H29F2NO2/c1-32-25-12-14-26(15-13-25)33-27-16-19-31(20-17-27)18-2-3-28(21-4-8-23(29)9-5-21)22-6-10-24(30)11-7-22/h4-16,28H,2-3,17-20H2,1H3. The molecule has 0 aliphatic carbocycles. The van der Waals surface area contributed by atoms with Crippen molar-refractivity contribution >= 4 is 0 Å². The van der Waals surface area contributed by atoms with Gasteiger partial charge in [-0.15, -0.1) is 0 Å². The molecule has 3 aromatic carbocycles. The first-order chi connectivity index (χ1) is 16.1. The topological polar surface area (TPSA) is 21.7 Å². The summed E-state index contributed by atoms with van der Waals surface area (Å²) in [5.41, 5.74) is 2.11. The fourth-order valence-electron chi connectivity index (χ4n) is 4.22. The van der Waals surface area contributed by atoms with Gasteiger partial charge >= 0.3 is 0 Å². The first kappa shape index (κ1) is 23.0. The minimum absolute atomic E-state index is 0.112. The summed E-state index contributed by atoms with van der Waals surface area (Å²) < 4.78 is 38.0. The van der Waals surface area contributed by atoms with Gasteiger partial charge in [-0.2, -0.15) is 0 Å². The van der Waals surface area contributed by atoms with Crippen molar-refractivity contribution in [2.45, 2.75) is 25.2 Å². The van der Waals surface area contributed by atoms with E-state index in [0.717, 1.165) is 67.3 Å². The van der Waals surface area contributed by atoms with Crippen LogP contribution in [0.4, 0.5) is 8.78 Å². The average Bonchev–Trinajstić information content (AvgIpc) is 2.85. The molecule has 0 bridgehead atoms. The summed E-state index contributed by atoms with van der Waals surface area (Å²) in [5, 5.41) is 0. The van der Waals surface area contributed by atoms with Gasteiger partial charge in [0, 0.05) is 25.4 Å². The molecule has 3 aromatic rings. The molecule has 0 amide bonds. The van der Waals surface area contributed by atoms with Gasteiger partial charge in [0.25, 0.3) is 0 Å². The van der Waals surface area contributed by atoms with Crippen molar-refractivity contribution < 1.29 is 18.3 Å². The molecule has 0 aromatic heterocycles. The third-order valence-corrected chi connectivity index (χ3v) is 6.07. The molecule has 1 aliphatic heterocycles. The van der Waals surface area contributed by atoms with Crippen LogP contribution < -0.4 is 9.47 Å². The molecule has 1 aliphatic rings. The molecule has 3 nitrogen and oxygen atoms in total. The summed E-state index contributed by atoms with van der Waals surface area (Å²) in [4.78, 5) is 2.41. The second-order valence-corrected chi connectivity index (χ2v) is 8.30. The Morgan fingerprint density at radius 3 is 1.91 bits per heavy atom. The Labute approximate surface area is 194 Å². The maximum absolute atomic E-state index is 13.4. The molecular weight excluding hydrogens is 420 g/mol. The van der Waals surface area contributed by atoms with E-state index in [1.165, 1.54) is 24.3 Å². The minimum Gasteiger partial charge on any atom is -0.497 e. The van der Waals surface area contributed by atoms with Crippen molar-refractivity contribution in [2.75, 3.05) is 26.7 Å². The van der Waals surface area contributed by atoms with Crippen LogP contribution in [0.15, 0.2) is 84.6 Å². The van der Waals surface area contributed by atoms with Gasteiger partial charge in [0.15, 0.2) is 0 Å². The number of hydrogen-bond donors (Lipinski definition) is 0. The van der Waals surface area contributed by atoms with Crippen LogP contribution in [0.2, 0.25) is 0 Å². The highest BCUT2D eigenvalue weighted by molar-refractivity contribution is 5.33. The predicted molar refractivity (Wildman–Crippen MR) is 127 cm³/mol. The van der Waals surface area contributed by atoms with Gasteiger partial charge in [-0.25, -0.2) is 8.78 Å². The van der Waals surface area contributed by atoms with E-state index in [-0.39, 0.29) is 17.6 Å². The molecular formula is C28H29F2NO2. The SMILES string of the molecule is COc1ccc(OC2=CCN(CCCC(c3ccc(F)cc3)c3ccc(F)cc3)CC2)cc1. The molecule has 0 saturated heterocycles. The normalized spacial score (nSPS) is 14.2. The van der Waals surface area contributed by atoms with Crippen molar-refractivity contribution in [3.05, 3.63) is 107 Å². The van der Waals surface area contributed by atoms with Crippen molar-refractivity contribution in [3.63, 3.8) is 0 Å². The summed E-state index contributed by atoms with van der Waals surface area (Å²) >= 11 is 0. The molecule has 33 heavy (non-hydrogen) atoms. The van der Waals surface area contributed by atoms with Gasteiger partial charge in [0.05, 0.1) is 7.11 Å². The number of halogens is 2. The van der Waals surface area contributed by atoms with Crippen LogP contribution >= 0.6 is 0 Å². The van der Waals surface area contributed by atoms with E-state index < -0.39 is 0 Å². The van der Waals surface area contributed by atoms with E-state index in [0.29, 0.717) is 0 Å². The molecule has 5 heteroatoms. The van der Waals surface area contributed by atoms with Gasteiger partial charge in [0.2, 0.25) is 0 Å². The summed E-state index contributed by atoms with van der Waals surface area (Å²) in [7, 11) is 1.65. The molecule has 0 atom stereocenters. The maximum Gasteiger partial charge on any atom is 0.127 e. The van der Waals surface area contributed by atoms with Gasteiger partial charge in [-0.1, -0.05) is 24.3 Å². The molecule has 0 saturated carbocycles.